The van der Waals surface area contributed by atoms with Crippen LogP contribution in [0.5, 0.6) is 0 Å². The Hall–Kier alpha value is 0. The van der Waals surface area contributed by atoms with E-state index >= 15 is 0 Å². The summed E-state index contributed by atoms with van der Waals surface area (Å²) in [5.41, 5.74) is 0.646. The highest BCUT2D eigenvalue weighted by atomic mass is 14.3. The highest BCUT2D eigenvalue weighted by Crippen LogP contribution is 2.41. The van der Waals surface area contributed by atoms with Crippen LogP contribution in [0.3, 0.4) is 0 Å². The third-order valence-electron chi connectivity index (χ3n) is 4.33. The molecule has 0 radical (unpaired) electrons. The van der Waals surface area contributed by atoms with Gasteiger partial charge in [0.05, 0.1) is 0 Å². The van der Waals surface area contributed by atoms with Crippen LogP contribution in [-0.2, 0) is 0 Å². The van der Waals surface area contributed by atoms with Crippen LogP contribution in [0, 0.1) is 17.3 Å². The van der Waals surface area contributed by atoms with Gasteiger partial charge >= 0.3 is 0 Å². The Bertz CT molecular complexity index is 155. The number of rotatable bonds is 6. The first-order valence-corrected chi connectivity index (χ1v) is 6.59. The third-order valence-corrected chi connectivity index (χ3v) is 4.33. The molecule has 0 aliphatic heterocycles. The van der Waals surface area contributed by atoms with Gasteiger partial charge in [0, 0.05) is 0 Å². The lowest BCUT2D eigenvalue weighted by Gasteiger charge is -2.36. The van der Waals surface area contributed by atoms with Gasteiger partial charge in [-0.25, -0.2) is 0 Å². The molecule has 1 atom stereocenters. The van der Waals surface area contributed by atoms with Gasteiger partial charge in [0.1, 0.15) is 0 Å². The largest absolute Gasteiger partial charge is 0.0654 e. The minimum atomic E-state index is 0.646. The highest BCUT2D eigenvalue weighted by Gasteiger charge is 2.28. The van der Waals surface area contributed by atoms with E-state index in [9.17, 15) is 0 Å². The molecular formula is C14H28. The fraction of sp³-hybridized carbons (Fsp3) is 1.00. The zero-order valence-electron chi connectivity index (χ0n) is 10.6. The van der Waals surface area contributed by atoms with Gasteiger partial charge in [0.2, 0.25) is 0 Å². The average Bonchev–Trinajstić information content (AvgIpc) is 2.11. The Kier molecular flexibility index (Phi) is 4.47. The van der Waals surface area contributed by atoms with Crippen LogP contribution in [0.2, 0.25) is 0 Å². The van der Waals surface area contributed by atoms with Gasteiger partial charge in [-0.3, -0.25) is 0 Å². The van der Waals surface area contributed by atoms with Crippen molar-refractivity contribution in [1.29, 1.82) is 0 Å². The van der Waals surface area contributed by atoms with Crippen LogP contribution >= 0.6 is 0 Å². The average molecular weight is 196 g/mol. The quantitative estimate of drug-likeness (QED) is 0.559. The van der Waals surface area contributed by atoms with Crippen molar-refractivity contribution in [3.63, 3.8) is 0 Å². The molecule has 0 N–H and O–H groups in total. The third kappa shape index (κ3) is 3.29. The maximum atomic E-state index is 2.48. The molecular weight excluding hydrogens is 168 g/mol. The van der Waals surface area contributed by atoms with Crippen molar-refractivity contribution >= 4 is 0 Å². The Morgan fingerprint density at radius 2 is 1.79 bits per heavy atom. The first-order chi connectivity index (χ1) is 6.59. The predicted octanol–water partition coefficient (Wildman–Crippen LogP) is 5.03. The van der Waals surface area contributed by atoms with Gasteiger partial charge in [0.25, 0.3) is 0 Å². The molecule has 0 aromatic rings. The van der Waals surface area contributed by atoms with E-state index in [0.29, 0.717) is 5.41 Å². The van der Waals surface area contributed by atoms with Crippen molar-refractivity contribution in [1.82, 2.24) is 0 Å². The van der Waals surface area contributed by atoms with Crippen LogP contribution in [0.1, 0.15) is 72.6 Å². The van der Waals surface area contributed by atoms with Crippen molar-refractivity contribution in [3.05, 3.63) is 0 Å². The highest BCUT2D eigenvalue weighted by molar-refractivity contribution is 4.80. The normalized spacial score (nSPS) is 30.9. The van der Waals surface area contributed by atoms with Crippen molar-refractivity contribution in [2.75, 3.05) is 0 Å². The zero-order chi connectivity index (χ0) is 10.6. The van der Waals surface area contributed by atoms with Crippen LogP contribution in [-0.4, -0.2) is 0 Å². The Labute approximate surface area is 90.5 Å². The smallest absolute Gasteiger partial charge is 0.0328 e. The number of hydrogen-bond acceptors (Lipinski definition) is 0. The minimum absolute atomic E-state index is 0.646. The van der Waals surface area contributed by atoms with E-state index in [1.165, 1.54) is 44.9 Å². The Balaban J connectivity index is 2.20. The van der Waals surface area contributed by atoms with Gasteiger partial charge in [0.15, 0.2) is 0 Å². The molecule has 0 nitrogen and oxygen atoms in total. The van der Waals surface area contributed by atoms with Gasteiger partial charge in [-0.05, 0) is 49.4 Å². The molecule has 0 amide bonds. The lowest BCUT2D eigenvalue weighted by molar-refractivity contribution is 0.155. The first kappa shape index (κ1) is 12.1. The fourth-order valence-corrected chi connectivity index (χ4v) is 2.94. The summed E-state index contributed by atoms with van der Waals surface area (Å²) < 4.78 is 0. The van der Waals surface area contributed by atoms with E-state index in [1.807, 2.05) is 0 Å². The summed E-state index contributed by atoms with van der Waals surface area (Å²) in [6, 6.07) is 0. The molecule has 1 fully saturated rings. The summed E-state index contributed by atoms with van der Waals surface area (Å²) in [6.45, 7) is 9.55. The second-order valence-corrected chi connectivity index (χ2v) is 5.90. The SMILES string of the molecule is CCCC(C)(CC)CCC1CC(C)C1. The molecule has 0 saturated heterocycles. The van der Waals surface area contributed by atoms with E-state index in [1.54, 1.807) is 0 Å². The first-order valence-electron chi connectivity index (χ1n) is 6.59. The monoisotopic (exact) mass is 196 g/mol. The van der Waals surface area contributed by atoms with Gasteiger partial charge in [-0.1, -0.05) is 40.5 Å². The van der Waals surface area contributed by atoms with Crippen molar-refractivity contribution in [2.45, 2.75) is 72.6 Å². The summed E-state index contributed by atoms with van der Waals surface area (Å²) in [6.07, 6.45) is 10.1. The fourth-order valence-electron chi connectivity index (χ4n) is 2.94. The molecule has 1 aliphatic rings. The van der Waals surface area contributed by atoms with Crippen molar-refractivity contribution < 1.29 is 0 Å². The van der Waals surface area contributed by atoms with Crippen molar-refractivity contribution in [2.24, 2.45) is 17.3 Å². The molecule has 1 unspecified atom stereocenters. The molecule has 14 heavy (non-hydrogen) atoms. The van der Waals surface area contributed by atoms with E-state index in [4.69, 9.17) is 0 Å². The van der Waals surface area contributed by atoms with Gasteiger partial charge in [-0.15, -0.1) is 0 Å². The van der Waals surface area contributed by atoms with E-state index in [-0.39, 0.29) is 0 Å². The lowest BCUT2D eigenvalue weighted by atomic mass is 9.69. The molecule has 0 aromatic carbocycles. The summed E-state index contributed by atoms with van der Waals surface area (Å²) in [4.78, 5) is 0. The lowest BCUT2D eigenvalue weighted by Crippen LogP contribution is -2.24. The maximum Gasteiger partial charge on any atom is -0.0328 e. The maximum absolute atomic E-state index is 2.48. The van der Waals surface area contributed by atoms with Crippen molar-refractivity contribution in [3.8, 4) is 0 Å². The predicted molar refractivity (Wildman–Crippen MR) is 64.4 cm³/mol. The second-order valence-electron chi connectivity index (χ2n) is 5.90. The summed E-state index contributed by atoms with van der Waals surface area (Å²) in [7, 11) is 0. The van der Waals surface area contributed by atoms with Crippen LogP contribution in [0.25, 0.3) is 0 Å². The molecule has 1 rings (SSSR count). The molecule has 1 saturated carbocycles. The van der Waals surface area contributed by atoms with Gasteiger partial charge < -0.3 is 0 Å². The Morgan fingerprint density at radius 3 is 2.21 bits per heavy atom. The van der Waals surface area contributed by atoms with Crippen LogP contribution in [0.4, 0.5) is 0 Å². The second kappa shape index (κ2) is 5.19. The summed E-state index contributed by atoms with van der Waals surface area (Å²) >= 11 is 0. The van der Waals surface area contributed by atoms with Crippen LogP contribution < -0.4 is 0 Å². The molecule has 0 spiro atoms. The number of hydrogen-bond donors (Lipinski definition) is 0. The van der Waals surface area contributed by atoms with E-state index < -0.39 is 0 Å². The van der Waals surface area contributed by atoms with Gasteiger partial charge in [-0.2, -0.15) is 0 Å². The molecule has 0 heteroatoms. The molecule has 1 aliphatic carbocycles. The van der Waals surface area contributed by atoms with E-state index in [2.05, 4.69) is 27.7 Å². The Morgan fingerprint density at radius 1 is 1.14 bits per heavy atom. The summed E-state index contributed by atoms with van der Waals surface area (Å²) in [5, 5.41) is 0. The molecule has 0 heterocycles. The van der Waals surface area contributed by atoms with E-state index in [0.717, 1.165) is 11.8 Å². The topological polar surface area (TPSA) is 0 Å². The zero-order valence-corrected chi connectivity index (χ0v) is 10.6. The summed E-state index contributed by atoms with van der Waals surface area (Å²) in [5.74, 6) is 2.10. The van der Waals surface area contributed by atoms with Crippen LogP contribution in [0.15, 0.2) is 0 Å². The molecule has 0 bridgehead atoms. The minimum Gasteiger partial charge on any atom is -0.0654 e. The molecule has 84 valence electrons. The molecule has 0 aromatic heterocycles. The standard InChI is InChI=1S/C14H28/c1-5-8-14(4,6-2)9-7-13-10-12(3)11-13/h12-13H,5-11H2,1-4H3.